The van der Waals surface area contributed by atoms with Crippen LogP contribution in [-0.2, 0) is 4.79 Å². The summed E-state index contributed by atoms with van der Waals surface area (Å²) in [4.78, 5) is 26.3. The summed E-state index contributed by atoms with van der Waals surface area (Å²) in [6, 6.07) is 12.5. The first-order valence-corrected chi connectivity index (χ1v) is 8.55. The summed E-state index contributed by atoms with van der Waals surface area (Å²) >= 11 is 0. The van der Waals surface area contributed by atoms with Crippen molar-refractivity contribution in [2.45, 2.75) is 26.3 Å². The second-order valence-corrected chi connectivity index (χ2v) is 6.50. The number of anilines is 2. The largest absolute Gasteiger partial charge is 0.497 e. The van der Waals surface area contributed by atoms with Gasteiger partial charge in [-0.2, -0.15) is 0 Å². The van der Waals surface area contributed by atoms with Crippen molar-refractivity contribution in [2.75, 3.05) is 23.9 Å². The van der Waals surface area contributed by atoms with Crippen LogP contribution in [0.4, 0.5) is 16.2 Å². The molecule has 0 aromatic heterocycles. The lowest BCUT2D eigenvalue weighted by molar-refractivity contribution is -0.117. The molecule has 6 heteroatoms. The number of urea groups is 1. The van der Waals surface area contributed by atoms with Gasteiger partial charge in [0.25, 0.3) is 0 Å². The molecule has 0 unspecified atom stereocenters. The molecule has 0 spiro atoms. The van der Waals surface area contributed by atoms with E-state index in [2.05, 4.69) is 10.6 Å². The van der Waals surface area contributed by atoms with Gasteiger partial charge in [-0.05, 0) is 49.2 Å². The summed E-state index contributed by atoms with van der Waals surface area (Å²) < 4.78 is 5.14. The Morgan fingerprint density at radius 1 is 1.15 bits per heavy atom. The van der Waals surface area contributed by atoms with E-state index in [1.165, 1.54) is 5.56 Å². The highest BCUT2D eigenvalue weighted by molar-refractivity contribution is 5.97. The van der Waals surface area contributed by atoms with E-state index in [1.807, 2.05) is 32.0 Å². The summed E-state index contributed by atoms with van der Waals surface area (Å²) in [6.07, 6.45) is 0.290. The number of rotatable bonds is 4. The minimum atomic E-state index is -0.335. The average molecular weight is 353 g/mol. The zero-order valence-corrected chi connectivity index (χ0v) is 15.2. The van der Waals surface area contributed by atoms with E-state index in [1.54, 1.807) is 36.3 Å². The molecule has 1 atom stereocenters. The van der Waals surface area contributed by atoms with Gasteiger partial charge in [-0.25, -0.2) is 4.79 Å². The molecule has 2 N–H and O–H groups in total. The zero-order valence-electron chi connectivity index (χ0n) is 15.2. The van der Waals surface area contributed by atoms with Gasteiger partial charge in [0.2, 0.25) is 5.91 Å². The third-order valence-corrected chi connectivity index (χ3v) is 4.59. The number of carbonyl (C=O) groups excluding carboxylic acids is 2. The van der Waals surface area contributed by atoms with Crippen LogP contribution in [0.2, 0.25) is 0 Å². The first-order valence-electron chi connectivity index (χ1n) is 8.55. The van der Waals surface area contributed by atoms with E-state index in [0.717, 1.165) is 11.3 Å². The fraction of sp³-hybridized carbons (Fsp3) is 0.300. The smallest absolute Gasteiger partial charge is 0.319 e. The topological polar surface area (TPSA) is 70.7 Å². The second kappa shape index (κ2) is 7.47. The first kappa shape index (κ1) is 17.8. The van der Waals surface area contributed by atoms with Gasteiger partial charge < -0.3 is 20.3 Å². The lowest BCUT2D eigenvalue weighted by Gasteiger charge is -2.18. The van der Waals surface area contributed by atoms with Crippen LogP contribution in [0, 0.1) is 13.8 Å². The third kappa shape index (κ3) is 3.96. The molecule has 0 saturated carbocycles. The summed E-state index contributed by atoms with van der Waals surface area (Å²) in [5.41, 5.74) is 3.84. The normalized spacial score (nSPS) is 16.5. The Morgan fingerprint density at radius 2 is 1.96 bits per heavy atom. The highest BCUT2D eigenvalue weighted by Crippen LogP contribution is 2.24. The monoisotopic (exact) mass is 353 g/mol. The van der Waals surface area contributed by atoms with E-state index >= 15 is 0 Å². The molecule has 6 nitrogen and oxygen atoms in total. The molecule has 0 radical (unpaired) electrons. The van der Waals surface area contributed by atoms with Crippen LogP contribution >= 0.6 is 0 Å². The molecule has 2 aromatic carbocycles. The number of nitrogens with zero attached hydrogens (tertiary/aromatic N) is 1. The second-order valence-electron chi connectivity index (χ2n) is 6.50. The highest BCUT2D eigenvalue weighted by Gasteiger charge is 2.31. The molecule has 1 aliphatic rings. The van der Waals surface area contributed by atoms with Crippen molar-refractivity contribution in [1.82, 2.24) is 5.32 Å². The molecular weight excluding hydrogens is 330 g/mol. The molecule has 1 aliphatic heterocycles. The predicted octanol–water partition coefficient (Wildman–Crippen LogP) is 3.24. The molecule has 26 heavy (non-hydrogen) atoms. The van der Waals surface area contributed by atoms with Crippen LogP contribution in [-0.4, -0.2) is 31.6 Å². The molecule has 1 fully saturated rings. The summed E-state index contributed by atoms with van der Waals surface area (Å²) in [6.45, 7) is 4.53. The Kier molecular flexibility index (Phi) is 5.11. The van der Waals surface area contributed by atoms with Gasteiger partial charge in [0, 0.05) is 30.4 Å². The predicted molar refractivity (Wildman–Crippen MR) is 102 cm³/mol. The molecule has 3 amide bonds. The Hall–Kier alpha value is -3.02. The number of amides is 3. The number of carbonyl (C=O) groups is 2. The van der Waals surface area contributed by atoms with Gasteiger partial charge in [-0.1, -0.05) is 12.1 Å². The van der Waals surface area contributed by atoms with E-state index < -0.39 is 0 Å². The summed E-state index contributed by atoms with van der Waals surface area (Å²) in [7, 11) is 1.57. The van der Waals surface area contributed by atoms with Crippen LogP contribution in [0.5, 0.6) is 5.75 Å². The number of methoxy groups -OCH3 is 1. The zero-order chi connectivity index (χ0) is 18.7. The van der Waals surface area contributed by atoms with Gasteiger partial charge in [-0.3, -0.25) is 4.79 Å². The number of benzene rings is 2. The maximum absolute atomic E-state index is 12.3. The van der Waals surface area contributed by atoms with Crippen molar-refractivity contribution in [2.24, 2.45) is 0 Å². The minimum Gasteiger partial charge on any atom is -0.497 e. The van der Waals surface area contributed by atoms with Gasteiger partial charge in [-0.15, -0.1) is 0 Å². The fourth-order valence-electron chi connectivity index (χ4n) is 3.00. The molecule has 136 valence electrons. The number of ether oxygens (including phenoxy) is 1. The van der Waals surface area contributed by atoms with E-state index in [0.29, 0.717) is 24.4 Å². The summed E-state index contributed by atoms with van der Waals surface area (Å²) in [5, 5.41) is 5.64. The van der Waals surface area contributed by atoms with Crippen molar-refractivity contribution < 1.29 is 14.3 Å². The maximum Gasteiger partial charge on any atom is 0.319 e. The van der Waals surface area contributed by atoms with E-state index in [4.69, 9.17) is 4.74 Å². The fourth-order valence-corrected chi connectivity index (χ4v) is 3.00. The molecule has 0 bridgehead atoms. The van der Waals surface area contributed by atoms with Gasteiger partial charge >= 0.3 is 6.03 Å². The third-order valence-electron chi connectivity index (χ3n) is 4.59. The number of nitrogens with one attached hydrogen (secondary N) is 2. The number of hydrogen-bond acceptors (Lipinski definition) is 3. The SMILES string of the molecule is COc1cccc(NC(=O)N[C@H]2CC(=O)N(c3ccc(C)c(C)c3)C2)c1. The average Bonchev–Trinajstić information content (AvgIpc) is 2.97. The number of aryl methyl sites for hydroxylation is 2. The Balaban J connectivity index is 1.61. The van der Waals surface area contributed by atoms with Gasteiger partial charge in [0.05, 0.1) is 13.2 Å². The minimum absolute atomic E-state index is 0.0138. The first-order chi connectivity index (χ1) is 12.5. The lowest BCUT2D eigenvalue weighted by Crippen LogP contribution is -2.39. The van der Waals surface area contributed by atoms with Crippen LogP contribution in [0.15, 0.2) is 42.5 Å². The lowest BCUT2D eigenvalue weighted by atomic mass is 10.1. The van der Waals surface area contributed by atoms with Crippen molar-refractivity contribution in [3.8, 4) is 5.75 Å². The van der Waals surface area contributed by atoms with Gasteiger partial charge in [0.15, 0.2) is 0 Å². The van der Waals surface area contributed by atoms with E-state index in [-0.39, 0.29) is 18.0 Å². The molecule has 0 aliphatic carbocycles. The van der Waals surface area contributed by atoms with E-state index in [9.17, 15) is 9.59 Å². The van der Waals surface area contributed by atoms with Crippen molar-refractivity contribution in [3.05, 3.63) is 53.6 Å². The Labute approximate surface area is 153 Å². The van der Waals surface area contributed by atoms with Gasteiger partial charge in [0.1, 0.15) is 5.75 Å². The molecule has 2 aromatic rings. The maximum atomic E-state index is 12.3. The quantitative estimate of drug-likeness (QED) is 0.886. The Bertz CT molecular complexity index is 835. The molecular formula is C20H23N3O3. The van der Waals surface area contributed by atoms with Crippen LogP contribution in [0.3, 0.4) is 0 Å². The van der Waals surface area contributed by atoms with Crippen molar-refractivity contribution in [1.29, 1.82) is 0 Å². The van der Waals surface area contributed by atoms with Crippen molar-refractivity contribution >= 4 is 23.3 Å². The molecule has 3 rings (SSSR count). The van der Waals surface area contributed by atoms with Crippen LogP contribution in [0.25, 0.3) is 0 Å². The highest BCUT2D eigenvalue weighted by atomic mass is 16.5. The van der Waals surface area contributed by atoms with Crippen molar-refractivity contribution in [3.63, 3.8) is 0 Å². The molecule has 1 heterocycles. The standard InChI is InChI=1S/C20H23N3O3/c1-13-7-8-17(9-14(13)2)23-12-16(11-19(23)24)22-20(25)21-15-5-4-6-18(10-15)26-3/h4-10,16H,11-12H2,1-3H3,(H2,21,22,25)/t16-/m0/s1. The molecule has 1 saturated heterocycles. The van der Waals surface area contributed by atoms with Crippen LogP contribution in [0.1, 0.15) is 17.5 Å². The Morgan fingerprint density at radius 3 is 2.69 bits per heavy atom. The summed E-state index contributed by atoms with van der Waals surface area (Å²) in [5.74, 6) is 0.680. The number of hydrogen-bond donors (Lipinski definition) is 2. The van der Waals surface area contributed by atoms with Crippen LogP contribution < -0.4 is 20.3 Å².